The van der Waals surface area contributed by atoms with Gasteiger partial charge in [0.25, 0.3) is 0 Å². The molecule has 0 radical (unpaired) electrons. The summed E-state index contributed by atoms with van der Waals surface area (Å²) in [7, 11) is 0. The average Bonchev–Trinajstić information content (AvgIpc) is 2.15. The summed E-state index contributed by atoms with van der Waals surface area (Å²) in [5.41, 5.74) is 1.39. The van der Waals surface area contributed by atoms with Gasteiger partial charge in [-0.2, -0.15) is 0 Å². The van der Waals surface area contributed by atoms with E-state index in [1.807, 2.05) is 18.5 Å². The summed E-state index contributed by atoms with van der Waals surface area (Å²) in [4.78, 5) is 4.08. The van der Waals surface area contributed by atoms with E-state index in [2.05, 4.69) is 10.3 Å². The maximum atomic E-state index is 5.93. The van der Waals surface area contributed by atoms with E-state index in [-0.39, 0.29) is 5.60 Å². The predicted octanol–water partition coefficient (Wildman–Crippen LogP) is 0.749. The smallest absolute Gasteiger partial charge is 0.141 e. The fraction of sp³-hybridized carbons (Fsp3) is 0.500. The highest BCUT2D eigenvalue weighted by atomic mass is 16.5. The van der Waals surface area contributed by atoms with Crippen molar-refractivity contribution in [2.45, 2.75) is 18.4 Å². The Morgan fingerprint density at radius 2 is 2.38 bits per heavy atom. The van der Waals surface area contributed by atoms with E-state index >= 15 is 0 Å². The molecular formula is C10H12N2O. The summed E-state index contributed by atoms with van der Waals surface area (Å²) >= 11 is 0. The third-order valence-corrected chi connectivity index (χ3v) is 2.94. The molecular weight excluding hydrogens is 164 g/mol. The number of hydrogen-bond acceptors (Lipinski definition) is 3. The van der Waals surface area contributed by atoms with Gasteiger partial charge in [-0.25, -0.2) is 0 Å². The fourth-order valence-corrected chi connectivity index (χ4v) is 2.01. The first-order valence-corrected chi connectivity index (χ1v) is 4.71. The highest BCUT2D eigenvalue weighted by Crippen LogP contribution is 2.34. The van der Waals surface area contributed by atoms with Gasteiger partial charge in [0.2, 0.25) is 0 Å². The summed E-state index contributed by atoms with van der Waals surface area (Å²) in [6.45, 7) is 1.97. The molecule has 2 aliphatic rings. The first kappa shape index (κ1) is 7.33. The Morgan fingerprint density at radius 1 is 1.46 bits per heavy atom. The second-order valence-corrected chi connectivity index (χ2v) is 3.87. The average molecular weight is 176 g/mol. The van der Waals surface area contributed by atoms with Gasteiger partial charge in [-0.1, -0.05) is 0 Å². The number of pyridine rings is 1. The van der Waals surface area contributed by atoms with Crippen LogP contribution in [0.15, 0.2) is 18.5 Å². The molecule has 0 unspecified atom stereocenters. The van der Waals surface area contributed by atoms with Crippen LogP contribution in [0, 0.1) is 0 Å². The van der Waals surface area contributed by atoms with E-state index in [0.29, 0.717) is 0 Å². The summed E-state index contributed by atoms with van der Waals surface area (Å²) in [6, 6.07) is 2.05. The molecule has 1 aromatic rings. The predicted molar refractivity (Wildman–Crippen MR) is 48.8 cm³/mol. The molecule has 3 rings (SSSR count). The van der Waals surface area contributed by atoms with Crippen molar-refractivity contribution in [3.8, 4) is 5.75 Å². The van der Waals surface area contributed by atoms with Gasteiger partial charge in [-0.05, 0) is 24.5 Å². The van der Waals surface area contributed by atoms with Crippen LogP contribution in [-0.4, -0.2) is 23.7 Å². The van der Waals surface area contributed by atoms with Gasteiger partial charge in [0.05, 0.1) is 6.20 Å². The van der Waals surface area contributed by atoms with E-state index in [1.165, 1.54) is 5.56 Å². The Morgan fingerprint density at radius 3 is 3.15 bits per heavy atom. The van der Waals surface area contributed by atoms with E-state index in [4.69, 9.17) is 4.74 Å². The number of nitrogens with one attached hydrogen (secondary N) is 1. The highest BCUT2D eigenvalue weighted by molar-refractivity contribution is 5.34. The standard InChI is InChI=1S/C10H12N2O/c1-3-10(6-12-7-10)13-9-5-11-4-2-8(1)9/h2,4-5,12H,1,3,6-7H2. The summed E-state index contributed by atoms with van der Waals surface area (Å²) < 4.78 is 5.93. The lowest BCUT2D eigenvalue weighted by Gasteiger charge is -2.45. The Hall–Kier alpha value is -1.09. The first-order chi connectivity index (χ1) is 6.38. The van der Waals surface area contributed by atoms with Crippen LogP contribution < -0.4 is 10.1 Å². The Labute approximate surface area is 77.1 Å². The molecule has 0 atom stereocenters. The van der Waals surface area contributed by atoms with Gasteiger partial charge >= 0.3 is 0 Å². The zero-order chi connectivity index (χ0) is 8.73. The third kappa shape index (κ3) is 1.04. The lowest BCUT2D eigenvalue weighted by molar-refractivity contribution is -0.00268. The van der Waals surface area contributed by atoms with Gasteiger partial charge in [-0.3, -0.25) is 4.98 Å². The SMILES string of the molecule is c1cc2c(cn1)OC1(CC2)CNC1. The van der Waals surface area contributed by atoms with Crippen LogP contribution >= 0.6 is 0 Å². The van der Waals surface area contributed by atoms with Gasteiger partial charge in [0.1, 0.15) is 11.4 Å². The minimum Gasteiger partial charge on any atom is -0.483 e. The lowest BCUT2D eigenvalue weighted by atomic mass is 9.87. The maximum Gasteiger partial charge on any atom is 0.141 e. The van der Waals surface area contributed by atoms with E-state index in [9.17, 15) is 0 Å². The van der Waals surface area contributed by atoms with Crippen LogP contribution in [0.3, 0.4) is 0 Å². The highest BCUT2D eigenvalue weighted by Gasteiger charge is 2.41. The number of rotatable bonds is 0. The van der Waals surface area contributed by atoms with E-state index in [0.717, 1.165) is 31.7 Å². The largest absolute Gasteiger partial charge is 0.483 e. The maximum absolute atomic E-state index is 5.93. The number of fused-ring (bicyclic) bond motifs is 1. The minimum atomic E-state index is 0.0933. The molecule has 0 aromatic carbocycles. The summed E-state index contributed by atoms with van der Waals surface area (Å²) in [6.07, 6.45) is 5.92. The second-order valence-electron chi connectivity index (χ2n) is 3.87. The lowest BCUT2D eigenvalue weighted by Crippen LogP contribution is -2.64. The van der Waals surface area contributed by atoms with Gasteiger partial charge in [0, 0.05) is 19.3 Å². The summed E-state index contributed by atoms with van der Waals surface area (Å²) in [5.74, 6) is 0.982. The molecule has 3 heterocycles. The van der Waals surface area contributed by atoms with Crippen molar-refractivity contribution < 1.29 is 4.74 Å². The summed E-state index contributed by atoms with van der Waals surface area (Å²) in [5, 5.41) is 3.26. The van der Waals surface area contributed by atoms with Crippen LogP contribution in [0.1, 0.15) is 12.0 Å². The molecule has 1 spiro atoms. The Bertz CT molecular complexity index is 333. The molecule has 0 bridgehead atoms. The Kier molecular flexibility index (Phi) is 1.38. The van der Waals surface area contributed by atoms with Crippen LogP contribution in [-0.2, 0) is 6.42 Å². The number of aryl methyl sites for hydroxylation is 1. The van der Waals surface area contributed by atoms with E-state index < -0.39 is 0 Å². The minimum absolute atomic E-state index is 0.0933. The quantitative estimate of drug-likeness (QED) is 0.633. The van der Waals surface area contributed by atoms with Crippen molar-refractivity contribution in [3.63, 3.8) is 0 Å². The molecule has 3 nitrogen and oxygen atoms in total. The molecule has 1 fully saturated rings. The molecule has 68 valence electrons. The zero-order valence-electron chi connectivity index (χ0n) is 7.42. The number of hydrogen-bond donors (Lipinski definition) is 1. The number of nitrogens with zero attached hydrogens (tertiary/aromatic N) is 1. The van der Waals surface area contributed by atoms with Gasteiger partial charge in [-0.15, -0.1) is 0 Å². The molecule has 0 saturated carbocycles. The molecule has 1 N–H and O–H groups in total. The molecule has 0 amide bonds. The van der Waals surface area contributed by atoms with Crippen LogP contribution in [0.25, 0.3) is 0 Å². The number of aromatic nitrogens is 1. The van der Waals surface area contributed by atoms with Crippen LogP contribution in [0.5, 0.6) is 5.75 Å². The molecule has 1 saturated heterocycles. The monoisotopic (exact) mass is 176 g/mol. The van der Waals surface area contributed by atoms with Crippen molar-refractivity contribution >= 4 is 0 Å². The molecule has 0 aliphatic carbocycles. The Balaban J connectivity index is 1.94. The first-order valence-electron chi connectivity index (χ1n) is 4.71. The van der Waals surface area contributed by atoms with Crippen molar-refractivity contribution in [1.29, 1.82) is 0 Å². The third-order valence-electron chi connectivity index (χ3n) is 2.94. The molecule has 3 heteroatoms. The topological polar surface area (TPSA) is 34.1 Å². The van der Waals surface area contributed by atoms with Gasteiger partial charge < -0.3 is 10.1 Å². The molecule has 1 aromatic heterocycles. The number of ether oxygens (including phenoxy) is 1. The fourth-order valence-electron chi connectivity index (χ4n) is 2.01. The van der Waals surface area contributed by atoms with Crippen LogP contribution in [0.4, 0.5) is 0 Å². The van der Waals surface area contributed by atoms with Crippen molar-refractivity contribution in [1.82, 2.24) is 10.3 Å². The van der Waals surface area contributed by atoms with Crippen molar-refractivity contribution in [2.75, 3.05) is 13.1 Å². The second kappa shape index (κ2) is 2.45. The van der Waals surface area contributed by atoms with Crippen molar-refractivity contribution in [3.05, 3.63) is 24.0 Å². The molecule has 13 heavy (non-hydrogen) atoms. The van der Waals surface area contributed by atoms with Gasteiger partial charge in [0.15, 0.2) is 0 Å². The normalized spacial score (nSPS) is 23.1. The van der Waals surface area contributed by atoms with Crippen molar-refractivity contribution in [2.24, 2.45) is 0 Å². The van der Waals surface area contributed by atoms with Crippen LogP contribution in [0.2, 0.25) is 0 Å². The van der Waals surface area contributed by atoms with E-state index in [1.54, 1.807) is 0 Å². The molecule has 2 aliphatic heterocycles. The zero-order valence-corrected chi connectivity index (χ0v) is 7.42.